The van der Waals surface area contributed by atoms with E-state index in [4.69, 9.17) is 5.73 Å². The monoisotopic (exact) mass is 314 g/mol. The Kier molecular flexibility index (Phi) is 4.42. The molecule has 0 aliphatic heterocycles. The normalized spacial score (nSPS) is 11.7. The molecule has 0 spiro atoms. The van der Waals surface area contributed by atoms with Gasteiger partial charge in [-0.05, 0) is 41.6 Å². The summed E-state index contributed by atoms with van der Waals surface area (Å²) in [4.78, 5) is 0.507. The number of nitrogens with two attached hydrogens (primary N) is 1. The molecule has 0 atom stereocenters. The van der Waals surface area contributed by atoms with Crippen molar-refractivity contribution in [2.75, 3.05) is 5.73 Å². The quantitative estimate of drug-likeness (QED) is 0.833. The van der Waals surface area contributed by atoms with Crippen molar-refractivity contribution in [1.82, 2.24) is 4.72 Å². The lowest BCUT2D eigenvalue weighted by Gasteiger charge is -2.08. The highest BCUT2D eigenvalue weighted by molar-refractivity contribution is 7.89. The minimum Gasteiger partial charge on any atom is -0.399 e. The van der Waals surface area contributed by atoms with Crippen molar-refractivity contribution in [3.05, 3.63) is 45.9 Å². The first-order chi connectivity index (χ1) is 9.44. The summed E-state index contributed by atoms with van der Waals surface area (Å²) in [6.45, 7) is 2.15. The van der Waals surface area contributed by atoms with E-state index in [-0.39, 0.29) is 12.2 Å². The lowest BCUT2D eigenvalue weighted by Crippen LogP contribution is -2.24. The third kappa shape index (κ3) is 3.17. The van der Waals surface area contributed by atoms with E-state index < -0.39 is 20.7 Å². The van der Waals surface area contributed by atoms with Gasteiger partial charge in [-0.2, -0.15) is 0 Å². The Morgan fingerprint density at radius 3 is 2.80 bits per heavy atom. The molecule has 7 heteroatoms. The molecule has 0 bridgehead atoms. The molecule has 0 amide bonds. The molecule has 2 aromatic rings. The molecule has 0 aliphatic carbocycles. The van der Waals surface area contributed by atoms with Crippen LogP contribution in [0.15, 0.2) is 34.5 Å². The summed E-state index contributed by atoms with van der Waals surface area (Å²) in [7, 11) is -3.91. The van der Waals surface area contributed by atoms with E-state index in [9.17, 15) is 12.8 Å². The molecule has 2 rings (SSSR count). The number of thiophene rings is 1. The molecule has 0 saturated heterocycles. The van der Waals surface area contributed by atoms with Crippen LogP contribution in [0.5, 0.6) is 0 Å². The summed E-state index contributed by atoms with van der Waals surface area (Å²) < 4.78 is 40.2. The summed E-state index contributed by atoms with van der Waals surface area (Å²) in [5.41, 5.74) is 6.80. The minimum atomic E-state index is -3.91. The number of aryl methyl sites for hydroxylation is 1. The predicted octanol–water partition coefficient (Wildman–Crippen LogP) is 2.51. The van der Waals surface area contributed by atoms with Crippen molar-refractivity contribution in [1.29, 1.82) is 0 Å². The molecule has 1 heterocycles. The molecular formula is C13H15FN2O2S2. The first-order valence-corrected chi connectivity index (χ1v) is 8.40. The van der Waals surface area contributed by atoms with Crippen LogP contribution < -0.4 is 10.5 Å². The van der Waals surface area contributed by atoms with Gasteiger partial charge in [0.25, 0.3) is 0 Å². The number of nitrogen functional groups attached to an aromatic ring is 1. The number of nitrogens with one attached hydrogen (secondary N) is 1. The van der Waals surface area contributed by atoms with Crippen molar-refractivity contribution in [3.8, 4) is 0 Å². The van der Waals surface area contributed by atoms with Gasteiger partial charge < -0.3 is 5.73 Å². The zero-order valence-corrected chi connectivity index (χ0v) is 12.5. The molecular weight excluding hydrogens is 299 g/mol. The second kappa shape index (κ2) is 5.90. The lowest BCUT2D eigenvalue weighted by atomic mass is 10.2. The van der Waals surface area contributed by atoms with Crippen molar-refractivity contribution in [2.45, 2.75) is 24.8 Å². The third-order valence-electron chi connectivity index (χ3n) is 2.89. The van der Waals surface area contributed by atoms with Gasteiger partial charge in [0.05, 0.1) is 0 Å². The molecule has 0 fully saturated rings. The molecule has 0 unspecified atom stereocenters. The Labute approximate surface area is 121 Å². The summed E-state index contributed by atoms with van der Waals surface area (Å²) in [5, 5.41) is 1.91. The highest BCUT2D eigenvalue weighted by Crippen LogP contribution is 2.20. The van der Waals surface area contributed by atoms with Crippen LogP contribution >= 0.6 is 11.3 Å². The number of hydrogen-bond acceptors (Lipinski definition) is 4. The van der Waals surface area contributed by atoms with Gasteiger partial charge in [0.15, 0.2) is 0 Å². The van der Waals surface area contributed by atoms with Crippen LogP contribution in [0.4, 0.5) is 10.1 Å². The zero-order valence-electron chi connectivity index (χ0n) is 10.9. The standard InChI is InChI=1S/C13H15FN2O2S2/c1-2-9-5-6-19-12(9)8-16-20(17,18)13-7-10(15)3-4-11(13)14/h3-7,16H,2,8,15H2,1H3. The third-order valence-corrected chi connectivity index (χ3v) is 5.27. The smallest absolute Gasteiger partial charge is 0.243 e. The Morgan fingerprint density at radius 1 is 1.35 bits per heavy atom. The predicted molar refractivity (Wildman–Crippen MR) is 78.5 cm³/mol. The fourth-order valence-electron chi connectivity index (χ4n) is 1.80. The van der Waals surface area contributed by atoms with Gasteiger partial charge in [0.1, 0.15) is 10.7 Å². The van der Waals surface area contributed by atoms with Gasteiger partial charge in [-0.25, -0.2) is 17.5 Å². The number of halogens is 1. The molecule has 1 aromatic heterocycles. The Bertz CT molecular complexity index is 711. The number of rotatable bonds is 5. The maximum Gasteiger partial charge on any atom is 0.243 e. The van der Waals surface area contributed by atoms with Crippen LogP contribution in [0.1, 0.15) is 17.4 Å². The molecule has 20 heavy (non-hydrogen) atoms. The van der Waals surface area contributed by atoms with Crippen LogP contribution in [0, 0.1) is 5.82 Å². The summed E-state index contributed by atoms with van der Waals surface area (Å²) in [5.74, 6) is -0.811. The Hall–Kier alpha value is -1.44. The lowest BCUT2D eigenvalue weighted by molar-refractivity contribution is 0.557. The fraction of sp³-hybridized carbons (Fsp3) is 0.231. The molecule has 0 radical (unpaired) electrons. The van der Waals surface area contributed by atoms with E-state index in [0.717, 1.165) is 29.0 Å². The Balaban J connectivity index is 2.21. The fourth-order valence-corrected chi connectivity index (χ4v) is 3.91. The van der Waals surface area contributed by atoms with Gasteiger partial charge >= 0.3 is 0 Å². The van der Waals surface area contributed by atoms with Gasteiger partial charge in [-0.3, -0.25) is 0 Å². The second-order valence-electron chi connectivity index (χ2n) is 4.24. The van der Waals surface area contributed by atoms with Gasteiger partial charge in [-0.15, -0.1) is 11.3 Å². The largest absolute Gasteiger partial charge is 0.399 e. The van der Waals surface area contributed by atoms with E-state index in [1.807, 2.05) is 18.4 Å². The Morgan fingerprint density at radius 2 is 2.10 bits per heavy atom. The van der Waals surface area contributed by atoms with Crippen molar-refractivity contribution in [2.24, 2.45) is 0 Å². The minimum absolute atomic E-state index is 0.150. The van der Waals surface area contributed by atoms with E-state index in [1.54, 1.807) is 0 Å². The van der Waals surface area contributed by atoms with Crippen LogP contribution in [-0.4, -0.2) is 8.42 Å². The van der Waals surface area contributed by atoms with E-state index in [0.29, 0.717) is 0 Å². The maximum atomic E-state index is 13.6. The van der Waals surface area contributed by atoms with Gasteiger partial charge in [0, 0.05) is 17.1 Å². The topological polar surface area (TPSA) is 72.2 Å². The second-order valence-corrected chi connectivity index (χ2v) is 6.97. The number of anilines is 1. The van der Waals surface area contributed by atoms with Gasteiger partial charge in [0.2, 0.25) is 10.0 Å². The van der Waals surface area contributed by atoms with Crippen molar-refractivity contribution >= 4 is 27.0 Å². The average Bonchev–Trinajstić information content (AvgIpc) is 2.86. The van der Waals surface area contributed by atoms with Gasteiger partial charge in [-0.1, -0.05) is 6.92 Å². The molecule has 0 saturated carbocycles. The van der Waals surface area contributed by atoms with Crippen LogP contribution in [0.2, 0.25) is 0 Å². The van der Waals surface area contributed by atoms with Crippen LogP contribution in [0.25, 0.3) is 0 Å². The molecule has 3 N–H and O–H groups in total. The highest BCUT2D eigenvalue weighted by Gasteiger charge is 2.19. The molecule has 4 nitrogen and oxygen atoms in total. The maximum absolute atomic E-state index is 13.6. The summed E-state index contributed by atoms with van der Waals surface area (Å²) >= 11 is 1.47. The molecule has 108 valence electrons. The first kappa shape index (κ1) is 15.0. The first-order valence-electron chi connectivity index (χ1n) is 6.04. The number of sulfonamides is 1. The van der Waals surface area contributed by atoms with Crippen LogP contribution in [0.3, 0.4) is 0 Å². The SMILES string of the molecule is CCc1ccsc1CNS(=O)(=O)c1cc(N)ccc1F. The van der Waals surface area contributed by atoms with Crippen molar-refractivity contribution < 1.29 is 12.8 Å². The summed E-state index contributed by atoms with van der Waals surface area (Å²) in [6.07, 6.45) is 0.827. The van der Waals surface area contributed by atoms with Crippen molar-refractivity contribution in [3.63, 3.8) is 0 Å². The zero-order chi connectivity index (χ0) is 14.8. The van der Waals surface area contributed by atoms with E-state index in [1.165, 1.54) is 17.4 Å². The highest BCUT2D eigenvalue weighted by atomic mass is 32.2. The summed E-state index contributed by atoms with van der Waals surface area (Å²) in [6, 6.07) is 5.44. The van der Waals surface area contributed by atoms with Crippen LogP contribution in [-0.2, 0) is 23.0 Å². The number of benzene rings is 1. The van der Waals surface area contributed by atoms with E-state index >= 15 is 0 Å². The van der Waals surface area contributed by atoms with E-state index in [2.05, 4.69) is 4.72 Å². The number of hydrogen-bond donors (Lipinski definition) is 2. The molecule has 0 aliphatic rings. The molecule has 1 aromatic carbocycles. The average molecular weight is 314 g/mol.